The number of aromatic hydroxyl groups is 1. The van der Waals surface area contributed by atoms with E-state index in [0.29, 0.717) is 61.4 Å². The van der Waals surface area contributed by atoms with Gasteiger partial charge in [0.05, 0.1) is 26.4 Å². The molecule has 0 spiro atoms. The maximum atomic E-state index is 12.8. The van der Waals surface area contributed by atoms with Crippen LogP contribution in [0.15, 0.2) is 33.0 Å². The van der Waals surface area contributed by atoms with Gasteiger partial charge < -0.3 is 66.2 Å². The first-order valence-electron chi connectivity index (χ1n) is 36.4. The van der Waals surface area contributed by atoms with E-state index in [2.05, 4.69) is 27.7 Å². The second-order valence-corrected chi connectivity index (χ2v) is 28.3. The summed E-state index contributed by atoms with van der Waals surface area (Å²) in [5, 5.41) is 21.0. The van der Waals surface area contributed by atoms with Crippen LogP contribution in [0.4, 0.5) is 0 Å². The Hall–Kier alpha value is -2.17. The minimum atomic E-state index is -5.20. The van der Waals surface area contributed by atoms with Crippen LogP contribution < -0.4 is 79.1 Å². The van der Waals surface area contributed by atoms with Crippen LogP contribution in [0.5, 0.6) is 11.5 Å². The van der Waals surface area contributed by atoms with Gasteiger partial charge in [0.25, 0.3) is 15.6 Å². The predicted molar refractivity (Wildman–Crippen MR) is 366 cm³/mol. The van der Waals surface area contributed by atoms with Gasteiger partial charge >= 0.3 is 83.0 Å². The molecule has 0 aliphatic carbocycles. The molecule has 548 valence electrons. The number of phosphoric ester groups is 2. The van der Waals surface area contributed by atoms with Gasteiger partial charge in [-0.3, -0.25) is 33.1 Å². The van der Waals surface area contributed by atoms with E-state index in [-0.39, 0.29) is 101 Å². The molecule has 1 aliphatic heterocycles. The summed E-state index contributed by atoms with van der Waals surface area (Å²) in [5.41, 5.74) is 1.86. The normalized spacial score (nSPS) is 14.1. The quantitative estimate of drug-likeness (QED) is 0.0155. The molecule has 2 aromatic rings. The summed E-state index contributed by atoms with van der Waals surface area (Å²) in [6.07, 6.45) is 36.8. The van der Waals surface area contributed by atoms with Gasteiger partial charge in [0.1, 0.15) is 54.2 Å². The predicted octanol–water partition coefficient (Wildman–Crippen LogP) is 10.6. The second kappa shape index (κ2) is 60.3. The maximum Gasteiger partial charge on any atom is 1.00 e. The minimum absolute atomic E-state index is 0. The standard InChI is InChI=1S/C57H110O17P2.C15H14O4.2Na/c1-5-9-13-17-21-25-29-33-37-41-54(59)67-47-52(73-56(61)43-39-35-31-27-23-19-15-11-7-3)49-71-75(63,64)69-45-51(58)46-70-76(65,66)72-50-53(74-57(62)44-40-36-32-28-24-20-16-12-8-4)48-68-55(60)42-38-34-30-26-22-18-14-10-6-2;1-8-3-4-10-12(18-7-8)6-13-14(15(10)17)11(16)5-9(2)19-13;;/h51-53,58H,5-50H2,1-4H3,(H,63,64)(H,65,66);3,5-6,17H,4,7H2,1-2H3;;/q;;2*+1/p-2. The summed E-state index contributed by atoms with van der Waals surface area (Å²) in [6, 6.07) is 3.07. The molecule has 0 radical (unpaired) electrons. The van der Waals surface area contributed by atoms with Crippen LogP contribution in [-0.2, 0) is 71.8 Å². The summed E-state index contributed by atoms with van der Waals surface area (Å²) in [4.78, 5) is 88.2. The first-order chi connectivity index (χ1) is 45.7. The van der Waals surface area contributed by atoms with Crippen LogP contribution in [0.3, 0.4) is 0 Å². The van der Waals surface area contributed by atoms with Gasteiger partial charge in [-0.25, -0.2) is 0 Å². The molecular weight excluding hydrogens is 1310 g/mol. The number of phosphoric acid groups is 2. The number of carbonyl (C=O) groups is 4. The van der Waals surface area contributed by atoms with E-state index in [4.69, 9.17) is 46.2 Å². The average molecular weight is 1430 g/mol. The number of aliphatic hydroxyl groups is 1. The Bertz CT molecular complexity index is 2480. The number of unbranched alkanes of at least 4 members (excludes halogenated alkanes) is 32. The molecule has 0 saturated carbocycles. The molecule has 1 aliphatic rings. The van der Waals surface area contributed by atoms with Crippen LogP contribution in [0.1, 0.15) is 303 Å². The number of fused-ring (bicyclic) bond motifs is 2. The molecule has 4 unspecified atom stereocenters. The number of ether oxygens (including phenoxy) is 5. The average Bonchev–Trinajstić information content (AvgIpc) is 1.67. The maximum absolute atomic E-state index is 12.8. The zero-order valence-electron chi connectivity index (χ0n) is 61.0. The summed E-state index contributed by atoms with van der Waals surface area (Å²) in [6.45, 7) is 8.52. The summed E-state index contributed by atoms with van der Waals surface area (Å²) >= 11 is 0. The van der Waals surface area contributed by atoms with E-state index in [0.717, 1.165) is 108 Å². The van der Waals surface area contributed by atoms with Crippen LogP contribution in [-0.4, -0.2) is 98.7 Å². The Labute approximate surface area is 625 Å². The fourth-order valence-corrected chi connectivity index (χ4v) is 12.2. The van der Waals surface area contributed by atoms with Gasteiger partial charge in [0, 0.05) is 43.4 Å². The Morgan fingerprint density at radius 1 is 0.485 bits per heavy atom. The first kappa shape index (κ1) is 94.8. The number of esters is 4. The number of hydrogen-bond donors (Lipinski definition) is 2. The topological polar surface area (TPSA) is 302 Å². The van der Waals surface area contributed by atoms with E-state index in [1.54, 1.807) is 13.0 Å². The van der Waals surface area contributed by atoms with Crippen molar-refractivity contribution in [2.45, 2.75) is 323 Å². The van der Waals surface area contributed by atoms with Crippen LogP contribution in [0.25, 0.3) is 11.0 Å². The molecule has 1 aromatic heterocycles. The van der Waals surface area contributed by atoms with Gasteiger partial charge in [-0.05, 0) is 51.5 Å². The number of allylic oxidation sites excluding steroid dienone is 1. The zero-order valence-corrected chi connectivity index (χ0v) is 66.7. The molecule has 0 saturated heterocycles. The van der Waals surface area contributed by atoms with Crippen molar-refractivity contribution in [1.29, 1.82) is 0 Å². The zero-order chi connectivity index (χ0) is 69.8. The molecule has 2 heterocycles. The van der Waals surface area contributed by atoms with E-state index in [9.17, 15) is 53.1 Å². The van der Waals surface area contributed by atoms with Gasteiger partial charge in [-0.2, -0.15) is 0 Å². The van der Waals surface area contributed by atoms with Crippen molar-refractivity contribution < 1.29 is 154 Å². The number of carbonyl (C=O) groups excluding carboxylic acids is 4. The molecule has 2 N–H and O–H groups in total. The number of aryl methyl sites for hydroxylation is 1. The van der Waals surface area contributed by atoms with E-state index in [1.165, 1.54) is 109 Å². The van der Waals surface area contributed by atoms with Crippen molar-refractivity contribution in [3.63, 3.8) is 0 Å². The Kier molecular flexibility index (Phi) is 58.9. The van der Waals surface area contributed by atoms with Crippen LogP contribution in [0, 0.1) is 6.92 Å². The molecule has 1 aromatic carbocycles. The van der Waals surface area contributed by atoms with Gasteiger partial charge in [-0.1, -0.05) is 239 Å². The molecule has 3 rings (SSSR count). The Balaban J connectivity index is 0.00000369. The largest absolute Gasteiger partial charge is 1.00 e. The van der Waals surface area contributed by atoms with Crippen molar-refractivity contribution in [3.8, 4) is 11.5 Å². The molecule has 0 amide bonds. The van der Waals surface area contributed by atoms with Crippen LogP contribution >= 0.6 is 15.6 Å². The minimum Gasteiger partial charge on any atom is -0.756 e. The molecular formula is C72H122Na2O21P2. The Morgan fingerprint density at radius 2 is 0.804 bits per heavy atom. The third-order valence-electron chi connectivity index (χ3n) is 16.4. The van der Waals surface area contributed by atoms with E-state index >= 15 is 0 Å². The van der Waals surface area contributed by atoms with Crippen molar-refractivity contribution in [2.24, 2.45) is 0 Å². The number of phenols is 1. The van der Waals surface area contributed by atoms with Crippen molar-refractivity contribution in [1.82, 2.24) is 0 Å². The van der Waals surface area contributed by atoms with E-state index in [1.807, 2.05) is 13.0 Å². The van der Waals surface area contributed by atoms with Crippen molar-refractivity contribution >= 4 is 50.5 Å². The molecule has 0 bridgehead atoms. The number of hydrogen-bond acceptors (Lipinski definition) is 21. The first-order valence-corrected chi connectivity index (χ1v) is 39.3. The third-order valence-corrected chi connectivity index (χ3v) is 18.2. The second-order valence-electron chi connectivity index (χ2n) is 25.5. The monoisotopic (exact) mass is 1430 g/mol. The molecule has 21 nitrogen and oxygen atoms in total. The van der Waals surface area contributed by atoms with E-state index < -0.39 is 97.5 Å². The molecule has 4 atom stereocenters. The summed E-state index contributed by atoms with van der Waals surface area (Å²) < 4.78 is 77.8. The molecule has 25 heteroatoms. The van der Waals surface area contributed by atoms with Crippen molar-refractivity contribution in [2.75, 3.05) is 46.2 Å². The fourth-order valence-electron chi connectivity index (χ4n) is 10.7. The van der Waals surface area contributed by atoms with Crippen LogP contribution in [0.2, 0.25) is 0 Å². The summed E-state index contributed by atoms with van der Waals surface area (Å²) in [7, 11) is -10.4. The van der Waals surface area contributed by atoms with Gasteiger partial charge in [0.2, 0.25) is 0 Å². The number of aliphatic hydroxyl groups excluding tert-OH is 1. The summed E-state index contributed by atoms with van der Waals surface area (Å²) in [5.74, 6) is -1.19. The van der Waals surface area contributed by atoms with Crippen molar-refractivity contribution in [3.05, 3.63) is 45.3 Å². The number of rotatable bonds is 58. The van der Waals surface area contributed by atoms with Gasteiger partial charge in [-0.15, -0.1) is 0 Å². The number of phenolic OH excluding ortho intramolecular Hbond substituents is 1. The van der Waals surface area contributed by atoms with Gasteiger partial charge in [0.15, 0.2) is 17.6 Å². The third kappa shape index (κ3) is 50.0. The molecule has 97 heavy (non-hydrogen) atoms. The fraction of sp³-hybridized carbons (Fsp3) is 0.792. The number of benzene rings is 1. The Morgan fingerprint density at radius 3 is 1.15 bits per heavy atom. The smallest absolute Gasteiger partial charge is 0.756 e. The molecule has 0 fully saturated rings. The SMILES string of the molecule is CC1=CCc2c(cc3oc(C)cc(=O)c3c2O)OC1.CCCCCCCCCCCC(=O)OCC(COP(=O)([O-])OCC(O)COP(=O)([O-])OCC(COC(=O)CCCCCCCCCCC)OC(=O)CCCCCCCCCCC)OC(=O)CCCCCCCCCCC.[Na+].[Na+].